The van der Waals surface area contributed by atoms with E-state index in [1.807, 2.05) is 24.3 Å². The Morgan fingerprint density at radius 1 is 0.818 bits per heavy atom. The van der Waals surface area contributed by atoms with E-state index < -0.39 is 0 Å². The second kappa shape index (κ2) is 7.35. The van der Waals surface area contributed by atoms with Crippen molar-refractivity contribution < 1.29 is 9.47 Å². The lowest BCUT2D eigenvalue weighted by Gasteiger charge is -2.27. The molecule has 0 radical (unpaired) electrons. The highest BCUT2D eigenvalue weighted by atomic mass is 16.5. The van der Waals surface area contributed by atoms with Crippen molar-refractivity contribution >= 4 is 0 Å². The fourth-order valence-electron chi connectivity index (χ4n) is 2.50. The molecule has 0 amide bonds. The zero-order valence-electron chi connectivity index (χ0n) is 14.1. The first kappa shape index (κ1) is 16.4. The minimum absolute atomic E-state index is 0.258. The fourth-order valence-corrected chi connectivity index (χ4v) is 2.50. The molecule has 0 atom stereocenters. The first-order valence-electron chi connectivity index (χ1n) is 7.97. The van der Waals surface area contributed by atoms with Crippen LogP contribution in [0.25, 0.3) is 0 Å². The summed E-state index contributed by atoms with van der Waals surface area (Å²) in [5.74, 6) is 1.78. The Kier molecular flexibility index (Phi) is 5.48. The van der Waals surface area contributed by atoms with Gasteiger partial charge in [-0.25, -0.2) is 0 Å². The maximum atomic E-state index is 5.86. The fraction of sp³-hybridized carbons (Fsp3) is 0.400. The number of hydrogen-bond donors (Lipinski definition) is 0. The second-order valence-electron chi connectivity index (χ2n) is 5.93. The van der Waals surface area contributed by atoms with Gasteiger partial charge in [0, 0.05) is 0 Å². The van der Waals surface area contributed by atoms with Gasteiger partial charge in [-0.1, -0.05) is 45.0 Å². The molecule has 0 unspecified atom stereocenters. The lowest BCUT2D eigenvalue weighted by atomic mass is 9.78. The molecule has 0 aliphatic carbocycles. The highest BCUT2D eigenvalue weighted by molar-refractivity contribution is 5.32. The van der Waals surface area contributed by atoms with Gasteiger partial charge in [-0.3, -0.25) is 0 Å². The molecule has 0 saturated carbocycles. The molecule has 0 aliphatic rings. The van der Waals surface area contributed by atoms with Gasteiger partial charge in [0.05, 0.1) is 7.11 Å². The predicted octanol–water partition coefficient (Wildman–Crippen LogP) is 5.35. The Morgan fingerprint density at radius 3 is 1.86 bits per heavy atom. The Bertz CT molecular complexity index is 566. The molecule has 0 heterocycles. The lowest BCUT2D eigenvalue weighted by Crippen LogP contribution is -2.19. The minimum atomic E-state index is 0.258. The molecule has 0 aromatic heterocycles. The molecule has 0 bridgehead atoms. The standard InChI is InChI=1S/C20H26O2/c1-5-20(3,6-2)17-9-13-19(14-10-17)22-15-16-7-11-18(21-4)12-8-16/h7-14H,5-6,15H2,1-4H3. The van der Waals surface area contributed by atoms with Gasteiger partial charge in [0.1, 0.15) is 18.1 Å². The number of rotatable bonds is 7. The quantitative estimate of drug-likeness (QED) is 0.686. The van der Waals surface area contributed by atoms with Gasteiger partial charge in [-0.05, 0) is 53.6 Å². The molecular weight excluding hydrogens is 272 g/mol. The largest absolute Gasteiger partial charge is 0.497 e. The minimum Gasteiger partial charge on any atom is -0.497 e. The van der Waals surface area contributed by atoms with Crippen molar-refractivity contribution in [2.45, 2.75) is 45.6 Å². The number of methoxy groups -OCH3 is 1. The third kappa shape index (κ3) is 3.82. The predicted molar refractivity (Wildman–Crippen MR) is 91.7 cm³/mol. The monoisotopic (exact) mass is 298 g/mol. The summed E-state index contributed by atoms with van der Waals surface area (Å²) < 4.78 is 11.0. The van der Waals surface area contributed by atoms with E-state index in [4.69, 9.17) is 9.47 Å². The first-order valence-corrected chi connectivity index (χ1v) is 7.97. The lowest BCUT2D eigenvalue weighted by molar-refractivity contribution is 0.305. The Labute approximate surface area is 134 Å². The summed E-state index contributed by atoms with van der Waals surface area (Å²) in [7, 11) is 1.67. The molecular formula is C20H26O2. The first-order chi connectivity index (χ1) is 10.6. The van der Waals surface area contributed by atoms with E-state index in [9.17, 15) is 0 Å². The highest BCUT2D eigenvalue weighted by Crippen LogP contribution is 2.32. The normalized spacial score (nSPS) is 11.3. The third-order valence-electron chi connectivity index (χ3n) is 4.68. The van der Waals surface area contributed by atoms with Gasteiger partial charge in [-0.15, -0.1) is 0 Å². The summed E-state index contributed by atoms with van der Waals surface area (Å²) in [5, 5.41) is 0. The van der Waals surface area contributed by atoms with Crippen LogP contribution in [0.1, 0.15) is 44.7 Å². The van der Waals surface area contributed by atoms with Crippen LogP contribution in [0.4, 0.5) is 0 Å². The van der Waals surface area contributed by atoms with Gasteiger partial charge in [0.2, 0.25) is 0 Å². The molecule has 2 aromatic carbocycles. The molecule has 0 spiro atoms. The summed E-state index contributed by atoms with van der Waals surface area (Å²) in [6.45, 7) is 7.39. The number of ether oxygens (including phenoxy) is 2. The Balaban J connectivity index is 1.99. The molecule has 2 nitrogen and oxygen atoms in total. The summed E-state index contributed by atoms with van der Waals surface area (Å²) >= 11 is 0. The molecule has 0 fully saturated rings. The van der Waals surface area contributed by atoms with E-state index in [2.05, 4.69) is 45.0 Å². The van der Waals surface area contributed by atoms with Crippen LogP contribution in [0.5, 0.6) is 11.5 Å². The number of benzene rings is 2. The number of hydrogen-bond acceptors (Lipinski definition) is 2. The van der Waals surface area contributed by atoms with Gasteiger partial charge in [-0.2, -0.15) is 0 Å². The average molecular weight is 298 g/mol. The van der Waals surface area contributed by atoms with Crippen LogP contribution in [0.15, 0.2) is 48.5 Å². The van der Waals surface area contributed by atoms with E-state index in [0.29, 0.717) is 6.61 Å². The third-order valence-corrected chi connectivity index (χ3v) is 4.68. The topological polar surface area (TPSA) is 18.5 Å². The average Bonchev–Trinajstić information content (AvgIpc) is 2.60. The van der Waals surface area contributed by atoms with Crippen molar-refractivity contribution in [2.75, 3.05) is 7.11 Å². The van der Waals surface area contributed by atoms with Crippen molar-refractivity contribution in [2.24, 2.45) is 0 Å². The van der Waals surface area contributed by atoms with Gasteiger partial charge >= 0.3 is 0 Å². The zero-order valence-corrected chi connectivity index (χ0v) is 14.1. The molecule has 22 heavy (non-hydrogen) atoms. The van der Waals surface area contributed by atoms with Crippen LogP contribution >= 0.6 is 0 Å². The van der Waals surface area contributed by atoms with E-state index in [0.717, 1.165) is 29.9 Å². The highest BCUT2D eigenvalue weighted by Gasteiger charge is 2.21. The van der Waals surface area contributed by atoms with Crippen LogP contribution in [0.3, 0.4) is 0 Å². The summed E-state index contributed by atoms with van der Waals surface area (Å²) in [4.78, 5) is 0. The van der Waals surface area contributed by atoms with Gasteiger partial charge in [0.25, 0.3) is 0 Å². The van der Waals surface area contributed by atoms with Gasteiger partial charge in [0.15, 0.2) is 0 Å². The molecule has 0 saturated heterocycles. The van der Waals surface area contributed by atoms with Crippen molar-refractivity contribution in [3.63, 3.8) is 0 Å². The van der Waals surface area contributed by atoms with E-state index in [-0.39, 0.29) is 5.41 Å². The summed E-state index contributed by atoms with van der Waals surface area (Å²) in [6, 6.07) is 16.5. The van der Waals surface area contributed by atoms with Crippen LogP contribution in [-0.2, 0) is 12.0 Å². The molecule has 2 aromatic rings. The van der Waals surface area contributed by atoms with Crippen molar-refractivity contribution in [1.29, 1.82) is 0 Å². The SMILES string of the molecule is CCC(C)(CC)c1ccc(OCc2ccc(OC)cc2)cc1. The second-order valence-corrected chi connectivity index (χ2v) is 5.93. The molecule has 0 aliphatic heterocycles. The van der Waals surface area contributed by atoms with Crippen molar-refractivity contribution in [3.05, 3.63) is 59.7 Å². The van der Waals surface area contributed by atoms with E-state index in [1.54, 1.807) is 7.11 Å². The van der Waals surface area contributed by atoms with Crippen LogP contribution < -0.4 is 9.47 Å². The summed E-state index contributed by atoms with van der Waals surface area (Å²) in [5.41, 5.74) is 2.78. The van der Waals surface area contributed by atoms with Crippen LogP contribution in [0, 0.1) is 0 Å². The Morgan fingerprint density at radius 2 is 1.36 bits per heavy atom. The maximum Gasteiger partial charge on any atom is 0.119 e. The van der Waals surface area contributed by atoms with Crippen LogP contribution in [0.2, 0.25) is 0 Å². The zero-order chi connectivity index (χ0) is 16.0. The van der Waals surface area contributed by atoms with Crippen molar-refractivity contribution in [1.82, 2.24) is 0 Å². The smallest absolute Gasteiger partial charge is 0.119 e. The maximum absolute atomic E-state index is 5.86. The van der Waals surface area contributed by atoms with Crippen LogP contribution in [-0.4, -0.2) is 7.11 Å². The molecule has 2 heteroatoms. The van der Waals surface area contributed by atoms with Gasteiger partial charge < -0.3 is 9.47 Å². The van der Waals surface area contributed by atoms with Crippen molar-refractivity contribution in [3.8, 4) is 11.5 Å². The van der Waals surface area contributed by atoms with E-state index >= 15 is 0 Å². The molecule has 2 rings (SSSR count). The molecule has 0 N–H and O–H groups in total. The van der Waals surface area contributed by atoms with E-state index in [1.165, 1.54) is 5.56 Å². The molecule has 118 valence electrons. The Hall–Kier alpha value is -1.96. The summed E-state index contributed by atoms with van der Waals surface area (Å²) in [6.07, 6.45) is 2.30.